The Morgan fingerprint density at radius 3 is 2.92 bits per heavy atom. The highest BCUT2D eigenvalue weighted by atomic mass is 32.1. The summed E-state index contributed by atoms with van der Waals surface area (Å²) in [5, 5.41) is 0. The summed E-state index contributed by atoms with van der Waals surface area (Å²) in [5.74, 6) is 0. The lowest BCUT2D eigenvalue weighted by Crippen LogP contribution is -2.04. The summed E-state index contributed by atoms with van der Waals surface area (Å²) in [6.45, 7) is 3.09. The zero-order chi connectivity index (χ0) is 8.97. The Balaban J connectivity index is 2.87. The fourth-order valence-corrected chi connectivity index (χ4v) is 1.18. The van der Waals surface area contributed by atoms with Crippen LogP contribution in [0.3, 0.4) is 0 Å². The van der Waals surface area contributed by atoms with E-state index in [-0.39, 0.29) is 0 Å². The molecule has 0 spiro atoms. The van der Waals surface area contributed by atoms with Crippen molar-refractivity contribution in [3.8, 4) is 0 Å². The Kier molecular flexibility index (Phi) is 3.58. The van der Waals surface area contributed by atoms with Gasteiger partial charge >= 0.3 is 0 Å². The van der Waals surface area contributed by atoms with Gasteiger partial charge < -0.3 is 14.3 Å². The van der Waals surface area contributed by atoms with E-state index in [0.29, 0.717) is 22.7 Å². The third-order valence-electron chi connectivity index (χ3n) is 1.33. The third kappa shape index (κ3) is 2.51. The van der Waals surface area contributed by atoms with E-state index in [0.717, 1.165) is 0 Å². The number of hydrogen-bond acceptors (Lipinski definition) is 3. The molecule has 1 aromatic rings. The minimum absolute atomic E-state index is 0.474. The van der Waals surface area contributed by atoms with Crippen molar-refractivity contribution in [3.63, 3.8) is 0 Å². The van der Waals surface area contributed by atoms with Crippen molar-refractivity contribution in [2.75, 3.05) is 6.61 Å². The molecule has 66 valence electrons. The quantitative estimate of drug-likeness (QED) is 0.763. The van der Waals surface area contributed by atoms with Crippen LogP contribution in [0.5, 0.6) is 0 Å². The first-order valence-electron chi connectivity index (χ1n) is 3.61. The van der Waals surface area contributed by atoms with Crippen molar-refractivity contribution in [2.45, 2.75) is 13.7 Å². The second kappa shape index (κ2) is 4.49. The topological polar surface area (TPSA) is 29.9 Å². The molecular weight excluding hydrogens is 192 g/mol. The van der Waals surface area contributed by atoms with Crippen LogP contribution in [0.4, 0.5) is 0 Å². The van der Waals surface area contributed by atoms with Crippen LogP contribution in [-0.2, 0) is 11.5 Å². The van der Waals surface area contributed by atoms with Gasteiger partial charge in [0.15, 0.2) is 4.77 Å². The van der Waals surface area contributed by atoms with Gasteiger partial charge in [-0.2, -0.15) is 0 Å². The molecule has 0 aliphatic carbocycles. The maximum absolute atomic E-state index is 5.18. The standard InChI is InChI=1S/C7H10N2OS2/c1-2-10-5-9-4-3-6(11)8-7(9)12/h3-4H,2,5H2,1H3,(H,8,11,12). The van der Waals surface area contributed by atoms with E-state index in [1.807, 2.05) is 13.1 Å². The minimum atomic E-state index is 0.474. The van der Waals surface area contributed by atoms with E-state index < -0.39 is 0 Å². The molecule has 5 heteroatoms. The molecule has 0 saturated heterocycles. The van der Waals surface area contributed by atoms with Gasteiger partial charge in [-0.3, -0.25) is 0 Å². The number of nitrogens with one attached hydrogen (secondary N) is 1. The smallest absolute Gasteiger partial charge is 0.180 e. The van der Waals surface area contributed by atoms with Crippen LogP contribution in [0.15, 0.2) is 12.3 Å². The molecule has 3 nitrogen and oxygen atoms in total. The zero-order valence-corrected chi connectivity index (χ0v) is 8.37. The van der Waals surface area contributed by atoms with E-state index in [2.05, 4.69) is 4.98 Å². The maximum Gasteiger partial charge on any atom is 0.180 e. The van der Waals surface area contributed by atoms with Crippen LogP contribution in [-0.4, -0.2) is 16.2 Å². The lowest BCUT2D eigenvalue weighted by molar-refractivity contribution is 0.0857. The van der Waals surface area contributed by atoms with Crippen molar-refractivity contribution in [1.29, 1.82) is 0 Å². The second-order valence-electron chi connectivity index (χ2n) is 2.20. The number of hydrogen-bond donors (Lipinski definition) is 1. The normalized spacial score (nSPS) is 10.1. The van der Waals surface area contributed by atoms with E-state index in [4.69, 9.17) is 29.2 Å². The van der Waals surface area contributed by atoms with Crippen LogP contribution >= 0.6 is 24.4 Å². The predicted molar refractivity (Wildman–Crippen MR) is 52.1 cm³/mol. The highest BCUT2D eigenvalue weighted by Crippen LogP contribution is 1.92. The number of ether oxygens (including phenoxy) is 1. The highest BCUT2D eigenvalue weighted by Gasteiger charge is 1.89. The molecule has 0 unspecified atom stereocenters. The van der Waals surface area contributed by atoms with Crippen LogP contribution < -0.4 is 0 Å². The molecule has 1 heterocycles. The largest absolute Gasteiger partial charge is 0.361 e. The summed E-state index contributed by atoms with van der Waals surface area (Å²) in [6, 6.07) is 1.78. The Morgan fingerprint density at radius 1 is 1.58 bits per heavy atom. The van der Waals surface area contributed by atoms with E-state index >= 15 is 0 Å². The van der Waals surface area contributed by atoms with Gasteiger partial charge in [0.2, 0.25) is 0 Å². The van der Waals surface area contributed by atoms with E-state index in [1.54, 1.807) is 10.6 Å². The summed E-state index contributed by atoms with van der Waals surface area (Å²) < 4.78 is 8.21. The monoisotopic (exact) mass is 202 g/mol. The minimum Gasteiger partial charge on any atom is -0.361 e. The third-order valence-corrected chi connectivity index (χ3v) is 1.91. The van der Waals surface area contributed by atoms with E-state index in [9.17, 15) is 0 Å². The fourth-order valence-electron chi connectivity index (χ4n) is 0.736. The summed E-state index contributed by atoms with van der Waals surface area (Å²) in [4.78, 5) is 2.86. The molecule has 0 fully saturated rings. The molecule has 0 bridgehead atoms. The van der Waals surface area contributed by atoms with E-state index in [1.165, 1.54) is 0 Å². The van der Waals surface area contributed by atoms with Crippen molar-refractivity contribution in [1.82, 2.24) is 9.55 Å². The molecule has 0 aromatic carbocycles. The van der Waals surface area contributed by atoms with Crippen LogP contribution in [0.25, 0.3) is 0 Å². The number of nitrogens with zero attached hydrogens (tertiary/aromatic N) is 1. The zero-order valence-electron chi connectivity index (χ0n) is 6.74. The van der Waals surface area contributed by atoms with Gasteiger partial charge in [-0.05, 0) is 25.2 Å². The molecule has 0 aliphatic rings. The lowest BCUT2D eigenvalue weighted by Gasteiger charge is -2.04. The summed E-state index contributed by atoms with van der Waals surface area (Å²) in [6.07, 6.45) is 1.82. The fraction of sp³-hybridized carbons (Fsp3) is 0.429. The molecule has 1 N–H and O–H groups in total. The molecule has 12 heavy (non-hydrogen) atoms. The van der Waals surface area contributed by atoms with Crippen molar-refractivity contribution < 1.29 is 4.74 Å². The van der Waals surface area contributed by atoms with Crippen LogP contribution in [0.1, 0.15) is 6.92 Å². The average molecular weight is 202 g/mol. The average Bonchev–Trinajstić information content (AvgIpc) is 2.03. The van der Waals surface area contributed by atoms with Gasteiger partial charge in [-0.25, -0.2) is 0 Å². The van der Waals surface area contributed by atoms with Crippen molar-refractivity contribution in [3.05, 3.63) is 21.7 Å². The molecule has 1 rings (SSSR count). The Bertz CT molecular complexity index is 355. The number of aromatic amines is 1. The van der Waals surface area contributed by atoms with Gasteiger partial charge in [-0.15, -0.1) is 0 Å². The number of aromatic nitrogens is 2. The van der Waals surface area contributed by atoms with Gasteiger partial charge in [0.1, 0.15) is 11.4 Å². The summed E-state index contributed by atoms with van der Waals surface area (Å²) >= 11 is 9.91. The molecule has 0 radical (unpaired) electrons. The Morgan fingerprint density at radius 2 is 2.33 bits per heavy atom. The predicted octanol–water partition coefficient (Wildman–Crippen LogP) is 2.27. The van der Waals surface area contributed by atoms with Crippen LogP contribution in [0.2, 0.25) is 0 Å². The first-order valence-corrected chi connectivity index (χ1v) is 4.43. The van der Waals surface area contributed by atoms with Crippen molar-refractivity contribution in [2.24, 2.45) is 0 Å². The Hall–Kier alpha value is -0.520. The molecular formula is C7H10N2OS2. The molecule has 1 aromatic heterocycles. The van der Waals surface area contributed by atoms with Gasteiger partial charge in [0, 0.05) is 12.8 Å². The maximum atomic E-state index is 5.18. The summed E-state index contributed by atoms with van der Waals surface area (Å²) in [7, 11) is 0. The Labute approximate surface area is 81.0 Å². The molecule has 0 amide bonds. The molecule has 0 aliphatic heterocycles. The molecule has 0 atom stereocenters. The van der Waals surface area contributed by atoms with Crippen molar-refractivity contribution >= 4 is 24.4 Å². The van der Waals surface area contributed by atoms with Gasteiger partial charge in [-0.1, -0.05) is 12.2 Å². The van der Waals surface area contributed by atoms with Gasteiger partial charge in [0.25, 0.3) is 0 Å². The first kappa shape index (κ1) is 9.57. The number of H-pyrrole nitrogens is 1. The first-order chi connectivity index (χ1) is 5.74. The second-order valence-corrected chi connectivity index (χ2v) is 3.03. The van der Waals surface area contributed by atoms with Gasteiger partial charge in [0.05, 0.1) is 0 Å². The highest BCUT2D eigenvalue weighted by molar-refractivity contribution is 7.72. The molecule has 0 saturated carbocycles. The van der Waals surface area contributed by atoms with Crippen LogP contribution in [0, 0.1) is 9.41 Å². The lowest BCUT2D eigenvalue weighted by atomic mass is 10.7. The summed E-state index contributed by atoms with van der Waals surface area (Å²) in [5.41, 5.74) is 0. The number of rotatable bonds is 3. The SMILES string of the molecule is CCOCn1ccc(=S)[nH]c1=S.